The second-order valence-electron chi connectivity index (χ2n) is 4.20. The van der Waals surface area contributed by atoms with E-state index in [0.717, 1.165) is 0 Å². The van der Waals surface area contributed by atoms with Crippen LogP contribution in [0.5, 0.6) is 0 Å². The van der Waals surface area contributed by atoms with Crippen LogP contribution in [0.3, 0.4) is 0 Å². The molecular weight excluding hydrogens is 276 g/mol. The second kappa shape index (κ2) is 6.33. The Bertz CT molecular complexity index is 639. The third-order valence-corrected chi connectivity index (χ3v) is 3.59. The molecule has 1 aromatic heterocycles. The summed E-state index contributed by atoms with van der Waals surface area (Å²) in [5, 5.41) is 11.0. The van der Waals surface area contributed by atoms with E-state index in [1.807, 2.05) is 7.05 Å². The molecule has 1 aromatic carbocycles. The van der Waals surface area contributed by atoms with Crippen LogP contribution < -0.4 is 5.32 Å². The summed E-state index contributed by atoms with van der Waals surface area (Å²) in [6.07, 6.45) is 1.58. The van der Waals surface area contributed by atoms with Crippen molar-refractivity contribution in [1.29, 1.82) is 0 Å². The molecule has 0 aliphatic rings. The summed E-state index contributed by atoms with van der Waals surface area (Å²) in [6.45, 7) is 1.49. The first-order valence-electron chi connectivity index (χ1n) is 5.94. The number of nitrogens with one attached hydrogen (secondary N) is 1. The van der Waals surface area contributed by atoms with Gasteiger partial charge in [0.15, 0.2) is 10.9 Å². The highest BCUT2D eigenvalue weighted by atomic mass is 32.2. The van der Waals surface area contributed by atoms with Gasteiger partial charge in [0.25, 0.3) is 0 Å². The molecule has 104 valence electrons. The van der Waals surface area contributed by atoms with E-state index >= 15 is 0 Å². The van der Waals surface area contributed by atoms with E-state index in [1.165, 1.54) is 18.7 Å². The Morgan fingerprint density at radius 1 is 1.40 bits per heavy atom. The summed E-state index contributed by atoms with van der Waals surface area (Å²) < 4.78 is 1.74. The number of ketones is 1. The lowest BCUT2D eigenvalue weighted by Gasteiger charge is -2.06. The quantitative estimate of drug-likeness (QED) is 0.670. The standard InChI is InChI=1S/C13H14N4O2S/c1-9(18)10-4-3-5-11(6-10)15-12(19)7-20-13-16-14-8-17(13)2/h3-6,8H,7H2,1-2H3,(H,15,19). The zero-order chi connectivity index (χ0) is 14.5. The number of carbonyl (C=O) groups excluding carboxylic acids is 2. The average molecular weight is 290 g/mol. The fourth-order valence-electron chi connectivity index (χ4n) is 1.55. The van der Waals surface area contributed by atoms with Gasteiger partial charge in [0, 0.05) is 18.3 Å². The normalized spacial score (nSPS) is 10.3. The van der Waals surface area contributed by atoms with Crippen LogP contribution in [0.25, 0.3) is 0 Å². The van der Waals surface area contributed by atoms with Crippen LogP contribution in [-0.4, -0.2) is 32.2 Å². The molecule has 20 heavy (non-hydrogen) atoms. The maximum Gasteiger partial charge on any atom is 0.234 e. The van der Waals surface area contributed by atoms with Crippen LogP contribution in [0.1, 0.15) is 17.3 Å². The minimum Gasteiger partial charge on any atom is -0.325 e. The monoisotopic (exact) mass is 290 g/mol. The third kappa shape index (κ3) is 3.67. The Morgan fingerprint density at radius 2 is 2.20 bits per heavy atom. The van der Waals surface area contributed by atoms with Crippen LogP contribution >= 0.6 is 11.8 Å². The van der Waals surface area contributed by atoms with Gasteiger partial charge >= 0.3 is 0 Å². The molecule has 0 unspecified atom stereocenters. The second-order valence-corrected chi connectivity index (χ2v) is 5.14. The first kappa shape index (κ1) is 14.3. The molecule has 6 nitrogen and oxygen atoms in total. The molecule has 0 aliphatic heterocycles. The molecule has 1 amide bonds. The number of benzene rings is 1. The van der Waals surface area contributed by atoms with Crippen LogP contribution in [0.2, 0.25) is 0 Å². The van der Waals surface area contributed by atoms with Crippen molar-refractivity contribution in [2.75, 3.05) is 11.1 Å². The molecule has 0 atom stereocenters. The Kier molecular flexibility index (Phi) is 4.52. The molecular formula is C13H14N4O2S. The number of aryl methyl sites for hydroxylation is 1. The fourth-order valence-corrected chi connectivity index (χ4v) is 2.23. The zero-order valence-corrected chi connectivity index (χ0v) is 12.0. The van der Waals surface area contributed by atoms with Gasteiger partial charge in [0.05, 0.1) is 5.75 Å². The van der Waals surface area contributed by atoms with Gasteiger partial charge in [-0.2, -0.15) is 0 Å². The highest BCUT2D eigenvalue weighted by Crippen LogP contribution is 2.15. The van der Waals surface area contributed by atoms with Crippen molar-refractivity contribution in [2.24, 2.45) is 7.05 Å². The molecule has 0 bridgehead atoms. The number of nitrogens with zero attached hydrogens (tertiary/aromatic N) is 3. The zero-order valence-electron chi connectivity index (χ0n) is 11.2. The maximum absolute atomic E-state index is 11.8. The highest BCUT2D eigenvalue weighted by molar-refractivity contribution is 7.99. The van der Waals surface area contributed by atoms with E-state index in [2.05, 4.69) is 15.5 Å². The number of hydrogen-bond donors (Lipinski definition) is 1. The van der Waals surface area contributed by atoms with Crippen LogP contribution in [-0.2, 0) is 11.8 Å². The van der Waals surface area contributed by atoms with E-state index < -0.39 is 0 Å². The predicted octanol–water partition coefficient (Wildman–Crippen LogP) is 1.75. The first-order valence-corrected chi connectivity index (χ1v) is 6.92. The van der Waals surface area contributed by atoms with Crippen molar-refractivity contribution in [2.45, 2.75) is 12.1 Å². The van der Waals surface area contributed by atoms with Crippen LogP contribution in [0, 0.1) is 0 Å². The number of carbonyl (C=O) groups is 2. The van der Waals surface area contributed by atoms with Gasteiger partial charge in [-0.05, 0) is 19.1 Å². The molecule has 7 heteroatoms. The number of aromatic nitrogens is 3. The summed E-state index contributed by atoms with van der Waals surface area (Å²) in [4.78, 5) is 23.1. The number of rotatable bonds is 5. The fraction of sp³-hybridized carbons (Fsp3) is 0.231. The largest absolute Gasteiger partial charge is 0.325 e. The average Bonchev–Trinajstić information content (AvgIpc) is 2.82. The molecule has 1 N–H and O–H groups in total. The Morgan fingerprint density at radius 3 is 2.85 bits per heavy atom. The van der Waals surface area contributed by atoms with Crippen molar-refractivity contribution < 1.29 is 9.59 Å². The highest BCUT2D eigenvalue weighted by Gasteiger charge is 2.08. The maximum atomic E-state index is 11.8. The molecule has 1 heterocycles. The lowest BCUT2D eigenvalue weighted by atomic mass is 10.1. The van der Waals surface area contributed by atoms with Gasteiger partial charge in [-0.1, -0.05) is 23.9 Å². The minimum atomic E-state index is -0.154. The van der Waals surface area contributed by atoms with E-state index in [1.54, 1.807) is 35.2 Å². The van der Waals surface area contributed by atoms with Gasteiger partial charge in [-0.15, -0.1) is 10.2 Å². The minimum absolute atomic E-state index is 0.0328. The summed E-state index contributed by atoms with van der Waals surface area (Å²) in [5.74, 6) is 0.0462. The lowest BCUT2D eigenvalue weighted by molar-refractivity contribution is -0.113. The smallest absolute Gasteiger partial charge is 0.234 e. The summed E-state index contributed by atoms with van der Waals surface area (Å²) in [6, 6.07) is 6.86. The molecule has 0 spiro atoms. The van der Waals surface area contributed by atoms with Crippen molar-refractivity contribution in [3.63, 3.8) is 0 Å². The van der Waals surface area contributed by atoms with Gasteiger partial charge in [0.1, 0.15) is 6.33 Å². The molecule has 2 aromatic rings. The van der Waals surface area contributed by atoms with Gasteiger partial charge in [-0.25, -0.2) is 0 Å². The molecule has 0 fully saturated rings. The van der Waals surface area contributed by atoms with Crippen molar-refractivity contribution >= 4 is 29.1 Å². The van der Waals surface area contributed by atoms with E-state index in [4.69, 9.17) is 0 Å². The van der Waals surface area contributed by atoms with Crippen molar-refractivity contribution in [3.8, 4) is 0 Å². The van der Waals surface area contributed by atoms with Gasteiger partial charge < -0.3 is 9.88 Å². The Labute approximate surface area is 120 Å². The SMILES string of the molecule is CC(=O)c1cccc(NC(=O)CSc2nncn2C)c1. The number of amides is 1. The summed E-state index contributed by atoms with van der Waals surface area (Å²) in [5.41, 5.74) is 1.19. The topological polar surface area (TPSA) is 76.9 Å². The first-order chi connectivity index (χ1) is 9.56. The molecule has 0 saturated carbocycles. The number of anilines is 1. The Hall–Kier alpha value is -2.15. The van der Waals surface area contributed by atoms with Crippen molar-refractivity contribution in [3.05, 3.63) is 36.2 Å². The van der Waals surface area contributed by atoms with E-state index in [0.29, 0.717) is 16.4 Å². The molecule has 0 radical (unpaired) electrons. The third-order valence-electron chi connectivity index (χ3n) is 2.56. The number of thioether (sulfide) groups is 1. The van der Waals surface area contributed by atoms with Crippen LogP contribution in [0.15, 0.2) is 35.7 Å². The van der Waals surface area contributed by atoms with E-state index in [-0.39, 0.29) is 17.4 Å². The predicted molar refractivity (Wildman–Crippen MR) is 76.8 cm³/mol. The number of Topliss-reactive ketones (excluding diaryl/α,β-unsaturated/α-hetero) is 1. The van der Waals surface area contributed by atoms with Crippen molar-refractivity contribution in [1.82, 2.24) is 14.8 Å². The van der Waals surface area contributed by atoms with Crippen LogP contribution in [0.4, 0.5) is 5.69 Å². The summed E-state index contributed by atoms with van der Waals surface area (Å²) in [7, 11) is 1.82. The Balaban J connectivity index is 1.93. The molecule has 0 saturated heterocycles. The van der Waals surface area contributed by atoms with Gasteiger partial charge in [-0.3, -0.25) is 9.59 Å². The molecule has 0 aliphatic carbocycles. The lowest BCUT2D eigenvalue weighted by Crippen LogP contribution is -2.14. The number of hydrogen-bond acceptors (Lipinski definition) is 5. The summed E-state index contributed by atoms with van der Waals surface area (Å²) >= 11 is 1.30. The van der Waals surface area contributed by atoms with E-state index in [9.17, 15) is 9.59 Å². The van der Waals surface area contributed by atoms with Gasteiger partial charge in [0.2, 0.25) is 5.91 Å². The molecule has 2 rings (SSSR count).